The first-order valence-corrected chi connectivity index (χ1v) is 9.87. The van der Waals surface area contributed by atoms with Gasteiger partial charge in [0.25, 0.3) is 0 Å². The van der Waals surface area contributed by atoms with E-state index < -0.39 is 5.60 Å². The maximum atomic E-state index is 13.3. The molecule has 7 heteroatoms. The number of amides is 1. The number of H-pyrrole nitrogens is 1. The third kappa shape index (κ3) is 4.30. The molecule has 146 valence electrons. The zero-order valence-corrected chi connectivity index (χ0v) is 15.6. The van der Waals surface area contributed by atoms with E-state index in [4.69, 9.17) is 0 Å². The molecule has 2 aromatic rings. The van der Waals surface area contributed by atoms with Crippen LogP contribution in [-0.4, -0.2) is 69.1 Å². The van der Waals surface area contributed by atoms with E-state index in [9.17, 15) is 14.3 Å². The van der Waals surface area contributed by atoms with Crippen molar-refractivity contribution < 1.29 is 14.3 Å². The highest BCUT2D eigenvalue weighted by molar-refractivity contribution is 5.77. The highest BCUT2D eigenvalue weighted by Gasteiger charge is 2.37. The second kappa shape index (κ2) is 7.56. The molecule has 27 heavy (non-hydrogen) atoms. The maximum absolute atomic E-state index is 13.3. The quantitative estimate of drug-likeness (QED) is 0.841. The number of carbonyl (C=O) groups excluding carboxylic acids is 1. The number of aryl methyl sites for hydroxylation is 1. The molecule has 2 saturated heterocycles. The van der Waals surface area contributed by atoms with Crippen LogP contribution >= 0.6 is 0 Å². The Hall–Kier alpha value is -1.99. The number of aliphatic hydroxyl groups is 1. The van der Waals surface area contributed by atoms with Crippen LogP contribution in [0, 0.1) is 5.82 Å². The SMILES string of the molecule is O=C(CCc1nc2ccc(F)cc2[nH]1)N1CCC[C@](O)(CN2CCCC2)C1. The van der Waals surface area contributed by atoms with Crippen molar-refractivity contribution in [2.24, 2.45) is 0 Å². The Balaban J connectivity index is 1.34. The van der Waals surface area contributed by atoms with Crippen molar-refractivity contribution in [3.63, 3.8) is 0 Å². The lowest BCUT2D eigenvalue weighted by atomic mass is 9.92. The summed E-state index contributed by atoms with van der Waals surface area (Å²) in [5, 5.41) is 11.0. The lowest BCUT2D eigenvalue weighted by Crippen LogP contribution is -2.55. The fourth-order valence-corrected chi connectivity index (χ4v) is 4.35. The summed E-state index contributed by atoms with van der Waals surface area (Å²) in [5.41, 5.74) is 0.557. The van der Waals surface area contributed by atoms with Gasteiger partial charge in [-0.2, -0.15) is 0 Å². The van der Waals surface area contributed by atoms with E-state index in [-0.39, 0.29) is 11.7 Å². The van der Waals surface area contributed by atoms with Gasteiger partial charge in [0.15, 0.2) is 0 Å². The number of nitrogens with one attached hydrogen (secondary N) is 1. The van der Waals surface area contributed by atoms with Crippen molar-refractivity contribution in [3.05, 3.63) is 29.8 Å². The molecule has 2 aliphatic rings. The molecule has 2 N–H and O–H groups in total. The Kier molecular flexibility index (Phi) is 5.14. The van der Waals surface area contributed by atoms with Crippen molar-refractivity contribution in [2.75, 3.05) is 32.7 Å². The summed E-state index contributed by atoms with van der Waals surface area (Å²) < 4.78 is 13.3. The van der Waals surface area contributed by atoms with E-state index in [1.807, 2.05) is 0 Å². The second-order valence-electron chi connectivity index (χ2n) is 7.97. The first kappa shape index (κ1) is 18.4. The Labute approximate surface area is 158 Å². The zero-order chi connectivity index (χ0) is 18.9. The molecular formula is C20H27FN4O2. The molecule has 0 aliphatic carbocycles. The lowest BCUT2D eigenvalue weighted by Gasteiger charge is -2.41. The molecule has 0 radical (unpaired) electrons. The summed E-state index contributed by atoms with van der Waals surface area (Å²) >= 11 is 0. The number of imidazole rings is 1. The predicted molar refractivity (Wildman–Crippen MR) is 101 cm³/mol. The smallest absolute Gasteiger partial charge is 0.223 e. The number of hydrogen-bond acceptors (Lipinski definition) is 4. The molecular weight excluding hydrogens is 347 g/mol. The number of likely N-dealkylation sites (tertiary alicyclic amines) is 2. The van der Waals surface area contributed by atoms with Crippen molar-refractivity contribution >= 4 is 16.9 Å². The number of halogens is 1. The monoisotopic (exact) mass is 374 g/mol. The molecule has 1 aromatic heterocycles. The van der Waals surface area contributed by atoms with Gasteiger partial charge in [-0.1, -0.05) is 0 Å². The summed E-state index contributed by atoms with van der Waals surface area (Å²) in [4.78, 5) is 24.3. The molecule has 0 bridgehead atoms. The normalized spacial score (nSPS) is 24.0. The minimum absolute atomic E-state index is 0.0428. The van der Waals surface area contributed by atoms with Gasteiger partial charge in [0, 0.05) is 25.9 Å². The molecule has 4 rings (SSSR count). The number of aromatic amines is 1. The number of nitrogens with zero attached hydrogens (tertiary/aromatic N) is 3. The van der Waals surface area contributed by atoms with Crippen LogP contribution in [0.15, 0.2) is 18.2 Å². The van der Waals surface area contributed by atoms with Gasteiger partial charge in [0.1, 0.15) is 11.6 Å². The van der Waals surface area contributed by atoms with Crippen LogP contribution in [0.1, 0.15) is 37.9 Å². The van der Waals surface area contributed by atoms with Crippen LogP contribution in [0.3, 0.4) is 0 Å². The minimum atomic E-state index is -0.796. The number of carbonyl (C=O) groups is 1. The average Bonchev–Trinajstić information content (AvgIpc) is 3.28. The van der Waals surface area contributed by atoms with Crippen molar-refractivity contribution in [1.82, 2.24) is 19.8 Å². The molecule has 0 spiro atoms. The van der Waals surface area contributed by atoms with Gasteiger partial charge in [-0.3, -0.25) is 4.79 Å². The number of aromatic nitrogens is 2. The van der Waals surface area contributed by atoms with E-state index in [2.05, 4.69) is 14.9 Å². The molecule has 1 amide bonds. The van der Waals surface area contributed by atoms with Gasteiger partial charge in [0.05, 0.1) is 23.2 Å². The van der Waals surface area contributed by atoms with Crippen LogP contribution in [-0.2, 0) is 11.2 Å². The molecule has 6 nitrogen and oxygen atoms in total. The maximum Gasteiger partial charge on any atom is 0.223 e. The van der Waals surface area contributed by atoms with E-state index in [1.165, 1.54) is 25.0 Å². The number of rotatable bonds is 5. The molecule has 1 atom stereocenters. The summed E-state index contributed by atoms with van der Waals surface area (Å²) in [6.45, 7) is 3.86. The number of β-amino-alcohol motifs (C(OH)–C–C–N with tert-alkyl or cyclic N) is 1. The van der Waals surface area contributed by atoms with E-state index in [0.717, 1.165) is 25.9 Å². The zero-order valence-electron chi connectivity index (χ0n) is 15.6. The summed E-state index contributed by atoms with van der Waals surface area (Å²) in [6.07, 6.45) is 4.79. The van der Waals surface area contributed by atoms with Gasteiger partial charge in [-0.15, -0.1) is 0 Å². The van der Waals surface area contributed by atoms with E-state index in [1.54, 1.807) is 11.0 Å². The van der Waals surface area contributed by atoms with Crippen LogP contribution in [0.2, 0.25) is 0 Å². The number of benzene rings is 1. The Morgan fingerprint density at radius 2 is 2.07 bits per heavy atom. The van der Waals surface area contributed by atoms with Crippen LogP contribution in [0.4, 0.5) is 4.39 Å². The van der Waals surface area contributed by atoms with Crippen LogP contribution < -0.4 is 0 Å². The minimum Gasteiger partial charge on any atom is -0.387 e. The number of piperidine rings is 1. The Bertz CT molecular complexity index is 817. The van der Waals surface area contributed by atoms with E-state index in [0.29, 0.717) is 49.3 Å². The van der Waals surface area contributed by atoms with E-state index >= 15 is 0 Å². The Morgan fingerprint density at radius 3 is 2.89 bits per heavy atom. The van der Waals surface area contributed by atoms with Gasteiger partial charge in [-0.25, -0.2) is 9.37 Å². The highest BCUT2D eigenvalue weighted by atomic mass is 19.1. The van der Waals surface area contributed by atoms with Crippen molar-refractivity contribution in [2.45, 2.75) is 44.1 Å². The molecule has 3 heterocycles. The predicted octanol–water partition coefficient (Wildman–Crippen LogP) is 2.08. The lowest BCUT2D eigenvalue weighted by molar-refractivity contribution is -0.139. The van der Waals surface area contributed by atoms with Crippen LogP contribution in [0.25, 0.3) is 11.0 Å². The first-order chi connectivity index (χ1) is 13.0. The van der Waals surface area contributed by atoms with Gasteiger partial charge in [0.2, 0.25) is 5.91 Å². The number of hydrogen-bond donors (Lipinski definition) is 2. The number of fused-ring (bicyclic) bond motifs is 1. The van der Waals surface area contributed by atoms with Crippen molar-refractivity contribution in [3.8, 4) is 0 Å². The molecule has 1 aromatic carbocycles. The molecule has 2 fully saturated rings. The third-order valence-corrected chi connectivity index (χ3v) is 5.69. The summed E-state index contributed by atoms with van der Waals surface area (Å²) in [7, 11) is 0. The van der Waals surface area contributed by atoms with Crippen LogP contribution in [0.5, 0.6) is 0 Å². The topological polar surface area (TPSA) is 72.5 Å². The molecule has 0 saturated carbocycles. The van der Waals surface area contributed by atoms with Gasteiger partial charge in [-0.05, 0) is 57.0 Å². The van der Waals surface area contributed by atoms with Gasteiger partial charge >= 0.3 is 0 Å². The molecule has 0 unspecified atom stereocenters. The summed E-state index contributed by atoms with van der Waals surface area (Å²) in [5.74, 6) is 0.425. The highest BCUT2D eigenvalue weighted by Crippen LogP contribution is 2.25. The largest absolute Gasteiger partial charge is 0.387 e. The fourth-order valence-electron chi connectivity index (χ4n) is 4.35. The second-order valence-corrected chi connectivity index (χ2v) is 7.97. The summed E-state index contributed by atoms with van der Waals surface area (Å²) in [6, 6.07) is 4.43. The fraction of sp³-hybridized carbons (Fsp3) is 0.600. The Morgan fingerprint density at radius 1 is 1.26 bits per heavy atom. The molecule has 2 aliphatic heterocycles. The third-order valence-electron chi connectivity index (χ3n) is 5.69. The standard InChI is InChI=1S/C20H27FN4O2/c21-15-4-5-16-17(12-15)23-18(22-16)6-7-19(26)25-11-3-8-20(27,14-25)13-24-9-1-2-10-24/h4-5,12,27H,1-3,6-11,13-14H2,(H,22,23)/t20-/m0/s1. The first-order valence-electron chi connectivity index (χ1n) is 9.87. The van der Waals surface area contributed by atoms with Crippen molar-refractivity contribution in [1.29, 1.82) is 0 Å². The average molecular weight is 374 g/mol. The van der Waals surface area contributed by atoms with Gasteiger partial charge < -0.3 is 19.9 Å².